The van der Waals surface area contributed by atoms with E-state index in [9.17, 15) is 14.4 Å². The molecule has 0 aliphatic rings. The molecule has 0 radical (unpaired) electrons. The van der Waals surface area contributed by atoms with Crippen LogP contribution in [0.1, 0.15) is 62.3 Å². The van der Waals surface area contributed by atoms with Crippen molar-refractivity contribution in [1.29, 1.82) is 0 Å². The molecule has 1 aromatic rings. The number of carbonyl (C=O) groups excluding carboxylic acids is 3. The largest absolute Gasteiger partial charge is 0.449 e. The van der Waals surface area contributed by atoms with Crippen LogP contribution in [0.2, 0.25) is 0 Å². The molecular weight excluding hydrogens is 340 g/mol. The molecule has 0 fully saturated rings. The first-order valence-electron chi connectivity index (χ1n) is 8.38. The van der Waals surface area contributed by atoms with E-state index >= 15 is 0 Å². The number of thiophene rings is 1. The Hall–Kier alpha value is -1.89. The zero-order chi connectivity index (χ0) is 19.5. The second kappa shape index (κ2) is 8.47. The number of ether oxygens (including phenoxy) is 1. The van der Waals surface area contributed by atoms with E-state index in [1.807, 2.05) is 34.6 Å². The number of esters is 1. The van der Waals surface area contributed by atoms with E-state index in [-0.39, 0.29) is 23.9 Å². The van der Waals surface area contributed by atoms with Crippen LogP contribution in [0, 0.1) is 13.8 Å². The summed E-state index contributed by atoms with van der Waals surface area (Å²) in [4.78, 5) is 39.2. The summed E-state index contributed by atoms with van der Waals surface area (Å²) in [6.07, 6.45) is -0.901. The minimum atomic E-state index is -0.901. The van der Waals surface area contributed by atoms with Crippen LogP contribution >= 0.6 is 11.3 Å². The predicted octanol–water partition coefficient (Wildman–Crippen LogP) is 3.51. The number of anilines is 1. The van der Waals surface area contributed by atoms with Gasteiger partial charge in [-0.1, -0.05) is 0 Å². The summed E-state index contributed by atoms with van der Waals surface area (Å²) in [6, 6.07) is 0.0161. The lowest BCUT2D eigenvalue weighted by Crippen LogP contribution is -2.47. The van der Waals surface area contributed by atoms with Gasteiger partial charge in [0.2, 0.25) is 5.91 Å². The van der Waals surface area contributed by atoms with Gasteiger partial charge in [-0.25, -0.2) is 4.79 Å². The first-order valence-corrected chi connectivity index (χ1v) is 9.19. The minimum absolute atomic E-state index is 0.00807. The molecule has 1 N–H and O–H groups in total. The van der Waals surface area contributed by atoms with Crippen molar-refractivity contribution in [3.63, 3.8) is 0 Å². The fourth-order valence-corrected chi connectivity index (χ4v) is 3.80. The van der Waals surface area contributed by atoms with Gasteiger partial charge in [-0.15, -0.1) is 11.3 Å². The topological polar surface area (TPSA) is 75.7 Å². The van der Waals surface area contributed by atoms with Gasteiger partial charge in [0.25, 0.3) is 5.91 Å². The van der Waals surface area contributed by atoms with Gasteiger partial charge in [0.15, 0.2) is 6.10 Å². The Balaban J connectivity index is 3.02. The molecular formula is C18H28N2O4S. The summed E-state index contributed by atoms with van der Waals surface area (Å²) in [5.41, 5.74) is 1.07. The fraction of sp³-hybridized carbons (Fsp3) is 0.611. The highest BCUT2D eigenvalue weighted by Crippen LogP contribution is 2.33. The molecule has 7 heteroatoms. The summed E-state index contributed by atoms with van der Waals surface area (Å²) in [6.45, 7) is 14.3. The Morgan fingerprint density at radius 1 is 1.04 bits per heavy atom. The maximum absolute atomic E-state index is 12.6. The van der Waals surface area contributed by atoms with Gasteiger partial charge in [-0.2, -0.15) is 0 Å². The fourth-order valence-electron chi connectivity index (χ4n) is 2.71. The number of amides is 2. The molecule has 1 aromatic heterocycles. The number of rotatable bonds is 6. The first kappa shape index (κ1) is 21.2. The van der Waals surface area contributed by atoms with Gasteiger partial charge >= 0.3 is 5.97 Å². The molecule has 1 atom stereocenters. The average Bonchev–Trinajstić information content (AvgIpc) is 2.71. The normalized spacial score (nSPS) is 12.2. The molecule has 25 heavy (non-hydrogen) atoms. The Morgan fingerprint density at radius 3 is 2.00 bits per heavy atom. The number of nitrogens with one attached hydrogen (secondary N) is 1. The van der Waals surface area contributed by atoms with Crippen LogP contribution < -0.4 is 5.32 Å². The van der Waals surface area contributed by atoms with E-state index in [0.29, 0.717) is 10.6 Å². The van der Waals surface area contributed by atoms with Crippen LogP contribution in [0.25, 0.3) is 0 Å². The van der Waals surface area contributed by atoms with Crippen molar-refractivity contribution in [3.8, 4) is 0 Å². The van der Waals surface area contributed by atoms with Crippen LogP contribution in [0.4, 0.5) is 5.00 Å². The summed E-state index contributed by atoms with van der Waals surface area (Å²) >= 11 is 1.32. The second-order valence-corrected chi connectivity index (χ2v) is 7.87. The van der Waals surface area contributed by atoms with Gasteiger partial charge < -0.3 is 15.0 Å². The predicted molar refractivity (Wildman–Crippen MR) is 100 cm³/mol. The molecule has 0 aliphatic heterocycles. The Morgan fingerprint density at radius 2 is 1.56 bits per heavy atom. The zero-order valence-electron chi connectivity index (χ0n) is 16.2. The number of aryl methyl sites for hydroxylation is 1. The third-order valence-electron chi connectivity index (χ3n) is 3.88. The van der Waals surface area contributed by atoms with E-state index in [2.05, 4.69) is 5.32 Å². The molecule has 2 amide bonds. The van der Waals surface area contributed by atoms with Crippen molar-refractivity contribution in [3.05, 3.63) is 16.0 Å². The number of hydrogen-bond acceptors (Lipinski definition) is 5. The van der Waals surface area contributed by atoms with Crippen molar-refractivity contribution < 1.29 is 19.1 Å². The van der Waals surface area contributed by atoms with E-state index < -0.39 is 12.1 Å². The third kappa shape index (κ3) is 5.04. The maximum atomic E-state index is 12.6. The minimum Gasteiger partial charge on any atom is -0.449 e. The number of hydrogen-bond donors (Lipinski definition) is 1. The molecule has 1 heterocycles. The molecule has 0 saturated heterocycles. The Kier molecular flexibility index (Phi) is 7.17. The summed E-state index contributed by atoms with van der Waals surface area (Å²) in [5, 5.41) is 3.12. The van der Waals surface area contributed by atoms with Crippen LogP contribution in [0.5, 0.6) is 0 Å². The molecule has 0 spiro atoms. The van der Waals surface area contributed by atoms with E-state index in [4.69, 9.17) is 4.74 Å². The maximum Gasteiger partial charge on any atom is 0.342 e. The van der Waals surface area contributed by atoms with Crippen molar-refractivity contribution in [1.82, 2.24) is 4.90 Å². The molecule has 1 rings (SSSR count). The number of nitrogens with zero attached hydrogens (tertiary/aromatic N) is 1. The molecule has 6 nitrogen and oxygen atoms in total. The standard InChI is InChI=1S/C18H28N2O4S/c1-9(2)20(10(3)4)17(22)12(6)24-18(23)15-11(5)13(7)25-16(15)19-14(8)21/h9-10,12H,1-8H3,(H,19,21). The highest BCUT2D eigenvalue weighted by molar-refractivity contribution is 7.16. The van der Waals surface area contributed by atoms with Gasteiger partial charge in [-0.05, 0) is 54.0 Å². The number of carbonyl (C=O) groups is 3. The van der Waals surface area contributed by atoms with Crippen molar-refractivity contribution in [2.75, 3.05) is 5.32 Å². The van der Waals surface area contributed by atoms with Gasteiger partial charge in [-0.3, -0.25) is 9.59 Å². The highest BCUT2D eigenvalue weighted by atomic mass is 32.1. The van der Waals surface area contributed by atoms with Crippen LogP contribution in [0.3, 0.4) is 0 Å². The van der Waals surface area contributed by atoms with Crippen LogP contribution in [-0.4, -0.2) is 40.9 Å². The Bertz CT molecular complexity index is 656. The van der Waals surface area contributed by atoms with Gasteiger partial charge in [0, 0.05) is 23.9 Å². The smallest absolute Gasteiger partial charge is 0.342 e. The van der Waals surface area contributed by atoms with Gasteiger partial charge in [0.1, 0.15) is 5.00 Å². The zero-order valence-corrected chi connectivity index (χ0v) is 17.0. The Labute approximate surface area is 153 Å². The van der Waals surface area contributed by atoms with E-state index in [0.717, 1.165) is 10.4 Å². The van der Waals surface area contributed by atoms with Crippen molar-refractivity contribution in [2.45, 2.75) is 73.6 Å². The lowest BCUT2D eigenvalue weighted by Gasteiger charge is -2.32. The molecule has 0 saturated carbocycles. The third-order valence-corrected chi connectivity index (χ3v) is 5.00. The van der Waals surface area contributed by atoms with Crippen molar-refractivity contribution in [2.24, 2.45) is 0 Å². The SMILES string of the molecule is CC(=O)Nc1sc(C)c(C)c1C(=O)OC(C)C(=O)N(C(C)C)C(C)C. The summed E-state index contributed by atoms with van der Waals surface area (Å²) < 4.78 is 5.42. The molecule has 0 bridgehead atoms. The molecule has 140 valence electrons. The lowest BCUT2D eigenvalue weighted by atomic mass is 10.1. The van der Waals surface area contributed by atoms with Crippen LogP contribution in [-0.2, 0) is 14.3 Å². The van der Waals surface area contributed by atoms with Crippen molar-refractivity contribution >= 4 is 34.1 Å². The molecule has 1 unspecified atom stereocenters. The lowest BCUT2D eigenvalue weighted by molar-refractivity contribution is -0.143. The summed E-state index contributed by atoms with van der Waals surface area (Å²) in [7, 11) is 0. The van der Waals surface area contributed by atoms with Crippen LogP contribution in [0.15, 0.2) is 0 Å². The quantitative estimate of drug-likeness (QED) is 0.780. The molecule has 0 aliphatic carbocycles. The summed E-state index contributed by atoms with van der Waals surface area (Å²) in [5.74, 6) is -1.09. The monoisotopic (exact) mass is 368 g/mol. The molecule has 0 aromatic carbocycles. The van der Waals surface area contributed by atoms with E-state index in [1.165, 1.54) is 18.3 Å². The van der Waals surface area contributed by atoms with Gasteiger partial charge in [0.05, 0.1) is 5.56 Å². The average molecular weight is 368 g/mol. The second-order valence-electron chi connectivity index (χ2n) is 6.65. The first-order chi connectivity index (χ1) is 11.5. The highest BCUT2D eigenvalue weighted by Gasteiger charge is 2.30. The van der Waals surface area contributed by atoms with E-state index in [1.54, 1.807) is 18.7 Å².